The standard InChI is InChI=1S/C33H38F3N3O7/c1-38(2)25-19-10-15-9-18-22(26(41)21(15)28(43)32(19,46)29(44)23(27(25)42)30(37)45)20(40)11-16(24(18)33(34,35)36)13-39(12-14-3-4-14)31(7-8-31)17-5-6-17/h11,14-15,17,19,21,23,25,40,46H,3-10,12-13H2,1-2H3,(H2,37,45)/t15-,19-,21?,23?,25-,32-/m0/s1. The summed E-state index contributed by atoms with van der Waals surface area (Å²) in [7, 11) is 2.89. The number of ketones is 4. The monoisotopic (exact) mass is 645 g/mol. The number of nitrogens with two attached hydrogens (primary N) is 1. The number of aromatic hydroxyl groups is 1. The second kappa shape index (κ2) is 10.2. The second-order valence-electron chi connectivity index (χ2n) is 14.8. The van der Waals surface area contributed by atoms with Crippen LogP contribution in [0.1, 0.15) is 72.0 Å². The van der Waals surface area contributed by atoms with Gasteiger partial charge in [0.15, 0.2) is 34.7 Å². The summed E-state index contributed by atoms with van der Waals surface area (Å²) >= 11 is 0. The van der Waals surface area contributed by atoms with Gasteiger partial charge in [0.2, 0.25) is 5.91 Å². The maximum atomic E-state index is 15.1. The average Bonchev–Trinajstić information content (AvgIpc) is 3.79. The third kappa shape index (κ3) is 4.51. The van der Waals surface area contributed by atoms with Gasteiger partial charge in [-0.2, -0.15) is 13.2 Å². The Bertz CT molecular complexity index is 1580. The highest BCUT2D eigenvalue weighted by molar-refractivity contribution is 6.32. The molecule has 1 aromatic rings. The van der Waals surface area contributed by atoms with Crippen molar-refractivity contribution in [3.05, 3.63) is 28.3 Å². The van der Waals surface area contributed by atoms with Crippen LogP contribution in [0.3, 0.4) is 0 Å². The molecule has 0 aliphatic heterocycles. The van der Waals surface area contributed by atoms with Crippen LogP contribution in [-0.2, 0) is 38.3 Å². The van der Waals surface area contributed by atoms with Crippen molar-refractivity contribution in [1.29, 1.82) is 0 Å². The Hall–Kier alpha value is -3.16. The molecule has 0 bridgehead atoms. The fourth-order valence-corrected chi connectivity index (χ4v) is 9.17. The average molecular weight is 646 g/mol. The van der Waals surface area contributed by atoms with Crippen LogP contribution < -0.4 is 5.73 Å². The van der Waals surface area contributed by atoms with Crippen molar-refractivity contribution in [3.63, 3.8) is 0 Å². The molecule has 7 rings (SSSR count). The second-order valence-corrected chi connectivity index (χ2v) is 14.8. The highest BCUT2D eigenvalue weighted by Gasteiger charge is 2.69. The number of hydrogen-bond acceptors (Lipinski definition) is 9. The number of alkyl halides is 3. The van der Waals surface area contributed by atoms with Gasteiger partial charge in [-0.15, -0.1) is 0 Å². The molecule has 0 radical (unpaired) electrons. The fraction of sp³-hybridized carbons (Fsp3) is 0.667. The molecule has 6 aliphatic carbocycles. The molecule has 0 saturated heterocycles. The number of nitrogens with zero attached hydrogens (tertiary/aromatic N) is 2. The maximum Gasteiger partial charge on any atom is 0.417 e. The van der Waals surface area contributed by atoms with Gasteiger partial charge in [0, 0.05) is 24.5 Å². The molecule has 4 N–H and O–H groups in total. The van der Waals surface area contributed by atoms with Crippen molar-refractivity contribution in [2.75, 3.05) is 20.6 Å². The van der Waals surface area contributed by atoms with Crippen LogP contribution in [-0.4, -0.2) is 86.9 Å². The summed E-state index contributed by atoms with van der Waals surface area (Å²) in [6, 6.07) is -0.347. The van der Waals surface area contributed by atoms with Gasteiger partial charge in [-0.1, -0.05) is 0 Å². The molecule has 248 valence electrons. The van der Waals surface area contributed by atoms with Crippen LogP contribution in [0.15, 0.2) is 6.07 Å². The number of phenolic OH excluding ortho intramolecular Hbond substituents is 1. The molecule has 0 spiro atoms. The number of aliphatic hydroxyl groups is 1. The molecule has 13 heteroatoms. The van der Waals surface area contributed by atoms with E-state index in [0.29, 0.717) is 18.4 Å². The number of Topliss-reactive ketones (excluding diaryl/α,β-unsaturated/α-hetero) is 4. The number of rotatable bonds is 8. The molecule has 46 heavy (non-hydrogen) atoms. The smallest absolute Gasteiger partial charge is 0.417 e. The Morgan fingerprint density at radius 2 is 1.72 bits per heavy atom. The van der Waals surface area contributed by atoms with E-state index in [0.717, 1.165) is 44.6 Å². The van der Waals surface area contributed by atoms with Gasteiger partial charge < -0.3 is 15.9 Å². The quantitative estimate of drug-likeness (QED) is 0.360. The number of carbonyl (C=O) groups excluding carboxylic acids is 5. The van der Waals surface area contributed by atoms with E-state index >= 15 is 13.2 Å². The van der Waals surface area contributed by atoms with E-state index in [1.165, 1.54) is 19.0 Å². The SMILES string of the molecule is CN(C)[C@@H]1C(=O)C(C(N)=O)C(=O)[C@@]2(O)C(=O)C3C(=O)c4c(O)cc(CN(CC5CC5)C5(C6CC6)CC5)c(C(F)(F)F)c4C[C@H]3C[C@@H]12. The Balaban J connectivity index is 1.32. The zero-order valence-corrected chi connectivity index (χ0v) is 25.7. The minimum atomic E-state index is -4.89. The Morgan fingerprint density at radius 3 is 2.24 bits per heavy atom. The van der Waals surface area contributed by atoms with Crippen LogP contribution in [0.25, 0.3) is 0 Å². The highest BCUT2D eigenvalue weighted by Crippen LogP contribution is 2.59. The van der Waals surface area contributed by atoms with Crippen molar-refractivity contribution in [1.82, 2.24) is 9.80 Å². The van der Waals surface area contributed by atoms with Crippen LogP contribution in [0, 0.1) is 35.5 Å². The summed E-state index contributed by atoms with van der Waals surface area (Å²) in [5.74, 6) is -12.3. The summed E-state index contributed by atoms with van der Waals surface area (Å²) in [6.45, 7) is 0.636. The first-order valence-corrected chi connectivity index (χ1v) is 16.1. The number of halogens is 3. The van der Waals surface area contributed by atoms with Gasteiger partial charge in [-0.25, -0.2) is 0 Å². The molecule has 6 atom stereocenters. The number of likely N-dealkylation sites (N-methyl/N-ethyl adjacent to an activating group) is 1. The lowest BCUT2D eigenvalue weighted by atomic mass is 9.52. The number of phenols is 1. The predicted octanol–water partition coefficient (Wildman–Crippen LogP) is 2.04. The van der Waals surface area contributed by atoms with E-state index in [-0.39, 0.29) is 24.1 Å². The summed E-state index contributed by atoms with van der Waals surface area (Å²) in [5.41, 5.74) is 0.0902. The zero-order chi connectivity index (χ0) is 33.2. The molecule has 5 fully saturated rings. The predicted molar refractivity (Wildman–Crippen MR) is 154 cm³/mol. The molecule has 2 unspecified atom stereocenters. The highest BCUT2D eigenvalue weighted by atomic mass is 19.4. The summed E-state index contributed by atoms with van der Waals surface area (Å²) in [5, 5.41) is 22.9. The molecule has 6 aliphatic rings. The van der Waals surface area contributed by atoms with E-state index in [4.69, 9.17) is 5.73 Å². The van der Waals surface area contributed by atoms with E-state index in [9.17, 15) is 34.2 Å². The van der Waals surface area contributed by atoms with Crippen LogP contribution >= 0.6 is 0 Å². The topological polar surface area (TPSA) is 158 Å². The van der Waals surface area contributed by atoms with Crippen LogP contribution in [0.2, 0.25) is 0 Å². The number of hydrogen-bond donors (Lipinski definition) is 3. The first-order valence-electron chi connectivity index (χ1n) is 16.1. The van der Waals surface area contributed by atoms with Crippen LogP contribution in [0.4, 0.5) is 13.2 Å². The van der Waals surface area contributed by atoms with E-state index < -0.39 is 99.4 Å². The van der Waals surface area contributed by atoms with Crippen LogP contribution in [0.5, 0.6) is 5.75 Å². The normalized spacial score (nSPS) is 33.6. The number of fused-ring (bicyclic) bond motifs is 3. The molecule has 0 heterocycles. The molecule has 10 nitrogen and oxygen atoms in total. The molecular weight excluding hydrogens is 607 g/mol. The molecule has 1 aromatic carbocycles. The van der Waals surface area contributed by atoms with Gasteiger partial charge in [0.25, 0.3) is 0 Å². The number of benzene rings is 1. The van der Waals surface area contributed by atoms with E-state index in [1.807, 2.05) is 0 Å². The number of primary amides is 1. The third-order valence-electron chi connectivity index (χ3n) is 11.7. The zero-order valence-electron chi connectivity index (χ0n) is 25.7. The maximum absolute atomic E-state index is 15.1. The molecule has 0 aromatic heterocycles. The van der Waals surface area contributed by atoms with Crippen molar-refractivity contribution in [3.8, 4) is 5.75 Å². The van der Waals surface area contributed by atoms with Gasteiger partial charge in [0.05, 0.1) is 23.1 Å². The van der Waals surface area contributed by atoms with Gasteiger partial charge in [-0.3, -0.25) is 33.8 Å². The lowest BCUT2D eigenvalue weighted by Crippen LogP contribution is -2.74. The largest absolute Gasteiger partial charge is 0.507 e. The summed E-state index contributed by atoms with van der Waals surface area (Å²) < 4.78 is 45.2. The Labute approximate surface area is 263 Å². The van der Waals surface area contributed by atoms with Crippen molar-refractivity contribution in [2.45, 2.75) is 81.3 Å². The first-order chi connectivity index (χ1) is 21.5. The number of carbonyl (C=O) groups is 5. The molecular formula is C33H38F3N3O7. The molecule has 5 saturated carbocycles. The van der Waals surface area contributed by atoms with Gasteiger partial charge in [-0.05, 0) is 100 Å². The van der Waals surface area contributed by atoms with Crippen molar-refractivity contribution >= 4 is 29.0 Å². The summed E-state index contributed by atoms with van der Waals surface area (Å²) in [4.78, 5) is 70.4. The Morgan fingerprint density at radius 1 is 1.07 bits per heavy atom. The lowest BCUT2D eigenvalue weighted by molar-refractivity contribution is -0.181. The lowest BCUT2D eigenvalue weighted by Gasteiger charge is -2.52. The van der Waals surface area contributed by atoms with Crippen molar-refractivity contribution < 1.29 is 47.4 Å². The fourth-order valence-electron chi connectivity index (χ4n) is 9.17. The minimum absolute atomic E-state index is 0.0352. The number of amides is 1. The summed E-state index contributed by atoms with van der Waals surface area (Å²) in [6.07, 6.45) is 0.328. The first kappa shape index (κ1) is 31.4. The molecule has 1 amide bonds. The van der Waals surface area contributed by atoms with E-state index in [1.54, 1.807) is 0 Å². The van der Waals surface area contributed by atoms with Gasteiger partial charge in [0.1, 0.15) is 5.75 Å². The third-order valence-corrected chi connectivity index (χ3v) is 11.7. The van der Waals surface area contributed by atoms with Gasteiger partial charge >= 0.3 is 6.18 Å². The van der Waals surface area contributed by atoms with Crippen molar-refractivity contribution in [2.24, 2.45) is 41.2 Å². The minimum Gasteiger partial charge on any atom is -0.507 e. The Kier molecular flexibility index (Phi) is 6.95. The van der Waals surface area contributed by atoms with E-state index in [2.05, 4.69) is 4.90 Å².